The van der Waals surface area contributed by atoms with Gasteiger partial charge >= 0.3 is 0 Å². The first kappa shape index (κ1) is 17.5. The molecular formula is C21H19N5O2. The van der Waals surface area contributed by atoms with E-state index in [4.69, 9.17) is 4.74 Å². The van der Waals surface area contributed by atoms with Crippen molar-refractivity contribution in [3.05, 3.63) is 71.9 Å². The maximum absolute atomic E-state index is 12.4. The Bertz CT molecular complexity index is 1140. The van der Waals surface area contributed by atoms with Crippen molar-refractivity contribution < 1.29 is 9.53 Å². The molecule has 2 aromatic heterocycles. The summed E-state index contributed by atoms with van der Waals surface area (Å²) in [5.74, 6) is 1.50. The van der Waals surface area contributed by atoms with Crippen LogP contribution in [0.4, 0.5) is 5.82 Å². The maximum Gasteiger partial charge on any atom is 0.249 e. The van der Waals surface area contributed by atoms with Gasteiger partial charge in [0.05, 0.1) is 23.8 Å². The number of nitrogens with zero attached hydrogens (tertiary/aromatic N) is 3. The lowest BCUT2D eigenvalue weighted by molar-refractivity contribution is -0.111. The molecule has 0 radical (unpaired) electrons. The molecule has 0 saturated heterocycles. The van der Waals surface area contributed by atoms with E-state index in [1.165, 1.54) is 6.08 Å². The van der Waals surface area contributed by atoms with Gasteiger partial charge in [-0.15, -0.1) is 0 Å². The number of nitrogens with one attached hydrogen (secondary N) is 2. The van der Waals surface area contributed by atoms with Gasteiger partial charge in [0, 0.05) is 17.7 Å². The first-order valence-electron chi connectivity index (χ1n) is 8.78. The molecule has 1 amide bonds. The minimum atomic E-state index is -0.275. The van der Waals surface area contributed by atoms with Crippen LogP contribution in [0.1, 0.15) is 11.3 Å². The molecule has 4 aromatic rings. The highest BCUT2D eigenvalue weighted by Gasteiger charge is 2.13. The number of aromatic nitrogens is 4. The Labute approximate surface area is 161 Å². The van der Waals surface area contributed by atoms with Crippen LogP contribution >= 0.6 is 0 Å². The predicted octanol–water partition coefficient (Wildman–Crippen LogP) is 3.72. The summed E-state index contributed by atoms with van der Waals surface area (Å²) in [4.78, 5) is 20.2. The number of ether oxygens (including phenoxy) is 1. The highest BCUT2D eigenvalue weighted by atomic mass is 16.5. The molecule has 7 heteroatoms. The number of rotatable bonds is 5. The van der Waals surface area contributed by atoms with Gasteiger partial charge < -0.3 is 15.0 Å². The Morgan fingerprint density at radius 1 is 1.18 bits per heavy atom. The number of aromatic amines is 1. The lowest BCUT2D eigenvalue weighted by Crippen LogP contribution is -2.13. The second-order valence-electron chi connectivity index (χ2n) is 6.22. The van der Waals surface area contributed by atoms with Gasteiger partial charge in [-0.1, -0.05) is 30.3 Å². The third-order valence-electron chi connectivity index (χ3n) is 4.21. The van der Waals surface area contributed by atoms with Gasteiger partial charge in [-0.3, -0.25) is 4.79 Å². The Hall–Kier alpha value is -3.87. The quantitative estimate of drug-likeness (QED) is 0.522. The van der Waals surface area contributed by atoms with Gasteiger partial charge in [-0.25, -0.2) is 4.98 Å². The topological polar surface area (TPSA) is 84.8 Å². The summed E-state index contributed by atoms with van der Waals surface area (Å²) in [5, 5.41) is 7.29. The number of anilines is 1. The summed E-state index contributed by atoms with van der Waals surface area (Å²) in [6, 6.07) is 17.0. The minimum absolute atomic E-state index is 0.275. The number of hydrogen-bond donors (Lipinski definition) is 2. The minimum Gasteiger partial charge on any atom is -0.496 e. The van der Waals surface area contributed by atoms with E-state index in [0.29, 0.717) is 17.5 Å². The molecule has 0 aliphatic rings. The largest absolute Gasteiger partial charge is 0.496 e. The van der Waals surface area contributed by atoms with Crippen LogP contribution in [0.5, 0.6) is 5.75 Å². The normalized spacial score (nSPS) is 11.2. The Morgan fingerprint density at radius 2 is 1.96 bits per heavy atom. The van der Waals surface area contributed by atoms with Crippen LogP contribution in [0.3, 0.4) is 0 Å². The lowest BCUT2D eigenvalue weighted by Gasteiger charge is -2.05. The third kappa shape index (κ3) is 3.50. The summed E-state index contributed by atoms with van der Waals surface area (Å²) < 4.78 is 6.88. The molecule has 28 heavy (non-hydrogen) atoms. The standard InChI is InChI=1S/C21H19N5O2/c1-14-13-19(24-20(27)12-11-15-7-3-6-10-18(15)28-2)26(25-14)21-22-16-8-4-5-9-17(16)23-21/h3-13H,1-2H3,(H,22,23)(H,24,27)/b12-11+. The highest BCUT2D eigenvalue weighted by Crippen LogP contribution is 2.20. The van der Waals surface area contributed by atoms with Gasteiger partial charge in [0.25, 0.3) is 0 Å². The molecule has 140 valence electrons. The van der Waals surface area contributed by atoms with Gasteiger partial charge in [-0.05, 0) is 31.2 Å². The number of methoxy groups -OCH3 is 1. The number of amides is 1. The summed E-state index contributed by atoms with van der Waals surface area (Å²) in [6.45, 7) is 1.86. The fraction of sp³-hybridized carbons (Fsp3) is 0.0952. The zero-order valence-corrected chi connectivity index (χ0v) is 15.5. The maximum atomic E-state index is 12.4. The molecule has 2 heterocycles. The fourth-order valence-electron chi connectivity index (χ4n) is 2.93. The molecule has 0 aliphatic heterocycles. The van der Waals surface area contributed by atoms with Crippen molar-refractivity contribution in [2.45, 2.75) is 6.92 Å². The average Bonchev–Trinajstić information content (AvgIpc) is 3.29. The van der Waals surface area contributed by atoms with Crippen LogP contribution in [-0.2, 0) is 4.79 Å². The van der Waals surface area contributed by atoms with Crippen LogP contribution in [-0.4, -0.2) is 32.8 Å². The van der Waals surface area contributed by atoms with E-state index in [9.17, 15) is 4.79 Å². The number of hydrogen-bond acceptors (Lipinski definition) is 4. The first-order valence-corrected chi connectivity index (χ1v) is 8.78. The van der Waals surface area contributed by atoms with Crippen molar-refractivity contribution >= 4 is 28.8 Å². The lowest BCUT2D eigenvalue weighted by atomic mass is 10.2. The summed E-state index contributed by atoms with van der Waals surface area (Å²) >= 11 is 0. The molecule has 0 atom stereocenters. The molecule has 0 bridgehead atoms. The van der Waals surface area contributed by atoms with Crippen LogP contribution in [0, 0.1) is 6.92 Å². The number of benzene rings is 2. The molecule has 0 saturated carbocycles. The first-order chi connectivity index (χ1) is 13.6. The number of aryl methyl sites for hydroxylation is 1. The Balaban J connectivity index is 1.58. The number of imidazole rings is 1. The molecule has 0 unspecified atom stereocenters. The summed E-state index contributed by atoms with van der Waals surface area (Å²) in [5.41, 5.74) is 3.32. The number of carbonyl (C=O) groups excluding carboxylic acids is 1. The number of H-pyrrole nitrogens is 1. The molecule has 7 nitrogen and oxygen atoms in total. The summed E-state index contributed by atoms with van der Waals surface area (Å²) in [7, 11) is 1.60. The van der Waals surface area contributed by atoms with Crippen LogP contribution in [0.25, 0.3) is 23.1 Å². The Morgan fingerprint density at radius 3 is 2.79 bits per heavy atom. The molecule has 0 spiro atoms. The van der Waals surface area contributed by atoms with E-state index in [-0.39, 0.29) is 5.91 Å². The highest BCUT2D eigenvalue weighted by molar-refractivity contribution is 6.01. The van der Waals surface area contributed by atoms with Gasteiger partial charge in [-0.2, -0.15) is 9.78 Å². The summed E-state index contributed by atoms with van der Waals surface area (Å²) in [6.07, 6.45) is 3.17. The van der Waals surface area contributed by atoms with E-state index in [2.05, 4.69) is 20.4 Å². The fourth-order valence-corrected chi connectivity index (χ4v) is 2.93. The predicted molar refractivity (Wildman–Crippen MR) is 109 cm³/mol. The SMILES string of the molecule is COc1ccccc1/C=C/C(=O)Nc1cc(C)nn1-c1nc2ccccc2[nH]1. The second kappa shape index (κ2) is 7.40. The van der Waals surface area contributed by atoms with Gasteiger partial charge in [0.1, 0.15) is 11.6 Å². The van der Waals surface area contributed by atoms with Gasteiger partial charge in [0.15, 0.2) is 0 Å². The van der Waals surface area contributed by atoms with Gasteiger partial charge in [0.2, 0.25) is 11.9 Å². The smallest absolute Gasteiger partial charge is 0.249 e. The zero-order valence-electron chi connectivity index (χ0n) is 15.5. The van der Waals surface area contributed by atoms with Crippen LogP contribution in [0.15, 0.2) is 60.7 Å². The monoisotopic (exact) mass is 373 g/mol. The van der Waals surface area contributed by atoms with E-state index in [1.807, 2.05) is 55.5 Å². The van der Waals surface area contributed by atoms with Crippen LogP contribution < -0.4 is 10.1 Å². The van der Waals surface area contributed by atoms with E-state index in [1.54, 1.807) is 23.9 Å². The van der Waals surface area contributed by atoms with Crippen molar-refractivity contribution in [3.8, 4) is 11.7 Å². The van der Waals surface area contributed by atoms with Crippen molar-refractivity contribution in [2.24, 2.45) is 0 Å². The van der Waals surface area contributed by atoms with Crippen molar-refractivity contribution in [2.75, 3.05) is 12.4 Å². The number of carbonyl (C=O) groups is 1. The molecule has 2 aromatic carbocycles. The number of para-hydroxylation sites is 3. The average molecular weight is 373 g/mol. The van der Waals surface area contributed by atoms with Crippen molar-refractivity contribution in [1.82, 2.24) is 19.7 Å². The van der Waals surface area contributed by atoms with E-state index < -0.39 is 0 Å². The van der Waals surface area contributed by atoms with E-state index >= 15 is 0 Å². The Kier molecular flexibility index (Phi) is 4.63. The third-order valence-corrected chi connectivity index (χ3v) is 4.21. The molecule has 0 fully saturated rings. The molecule has 2 N–H and O–H groups in total. The van der Waals surface area contributed by atoms with Crippen molar-refractivity contribution in [3.63, 3.8) is 0 Å². The van der Waals surface area contributed by atoms with Crippen molar-refractivity contribution in [1.29, 1.82) is 0 Å². The molecule has 4 rings (SSSR count). The molecule has 0 aliphatic carbocycles. The molecular weight excluding hydrogens is 354 g/mol. The zero-order chi connectivity index (χ0) is 19.5. The van der Waals surface area contributed by atoms with E-state index in [0.717, 1.165) is 22.3 Å². The second-order valence-corrected chi connectivity index (χ2v) is 6.22. The van der Waals surface area contributed by atoms with Crippen LogP contribution in [0.2, 0.25) is 0 Å². The number of fused-ring (bicyclic) bond motifs is 1.